The van der Waals surface area contributed by atoms with E-state index in [0.29, 0.717) is 11.1 Å². The second kappa shape index (κ2) is 7.12. The van der Waals surface area contributed by atoms with Crippen molar-refractivity contribution in [2.24, 2.45) is 0 Å². The molecule has 0 fully saturated rings. The first-order valence-electron chi connectivity index (χ1n) is 7.37. The highest BCUT2D eigenvalue weighted by Gasteiger charge is 2.38. The second-order valence-corrected chi connectivity index (χ2v) is 9.93. The van der Waals surface area contributed by atoms with Crippen LogP contribution >= 0.6 is 0 Å². The number of nitro groups is 1. The maximum Gasteiger partial charge on any atom is 0.272 e. The van der Waals surface area contributed by atoms with Crippen molar-refractivity contribution in [1.29, 1.82) is 0 Å². The standard InChI is InChI=1S/C16H14F5NO3Si/c1-8-6-9(4-5-10(8)22(23)24)7-25-26(2,3)16-14(20)12(18)11(17)13(19)15(16)21/h4-6H,7H2,1-3H3. The van der Waals surface area contributed by atoms with Gasteiger partial charge in [-0.25, -0.2) is 22.0 Å². The van der Waals surface area contributed by atoms with Crippen molar-refractivity contribution < 1.29 is 31.3 Å². The summed E-state index contributed by atoms with van der Waals surface area (Å²) in [5.74, 6) is -10.1. The van der Waals surface area contributed by atoms with Gasteiger partial charge in [-0.15, -0.1) is 0 Å². The highest BCUT2D eigenvalue weighted by molar-refractivity contribution is 6.84. The summed E-state index contributed by atoms with van der Waals surface area (Å²) in [6.45, 7) is 3.90. The normalized spacial score (nSPS) is 11.7. The number of benzene rings is 2. The minimum atomic E-state index is -3.52. The fourth-order valence-corrected chi connectivity index (χ4v) is 4.43. The lowest BCUT2D eigenvalue weighted by atomic mass is 10.1. The molecule has 140 valence electrons. The smallest absolute Gasteiger partial charge is 0.272 e. The van der Waals surface area contributed by atoms with E-state index in [-0.39, 0.29) is 12.3 Å². The first-order chi connectivity index (χ1) is 12.0. The lowest BCUT2D eigenvalue weighted by molar-refractivity contribution is -0.385. The highest BCUT2D eigenvalue weighted by atomic mass is 28.4. The molecule has 0 spiro atoms. The summed E-state index contributed by atoms with van der Waals surface area (Å²) in [6, 6.07) is 4.11. The van der Waals surface area contributed by atoms with Crippen LogP contribution in [0.3, 0.4) is 0 Å². The molecule has 2 rings (SSSR count). The van der Waals surface area contributed by atoms with Crippen LogP contribution in [-0.2, 0) is 11.0 Å². The molecular formula is C16H14F5NO3Si. The molecule has 4 nitrogen and oxygen atoms in total. The molecule has 0 N–H and O–H groups in total. The molecule has 26 heavy (non-hydrogen) atoms. The lowest BCUT2D eigenvalue weighted by Gasteiger charge is -2.25. The van der Waals surface area contributed by atoms with Gasteiger partial charge in [0.05, 0.1) is 11.5 Å². The van der Waals surface area contributed by atoms with Crippen molar-refractivity contribution in [2.45, 2.75) is 26.6 Å². The Hall–Kier alpha value is -2.33. The number of nitrogens with zero attached hydrogens (tertiary/aromatic N) is 1. The van der Waals surface area contributed by atoms with Crippen LogP contribution in [0.15, 0.2) is 18.2 Å². The number of halogens is 5. The van der Waals surface area contributed by atoms with Crippen LogP contribution in [0, 0.1) is 46.1 Å². The van der Waals surface area contributed by atoms with Gasteiger partial charge >= 0.3 is 0 Å². The summed E-state index contributed by atoms with van der Waals surface area (Å²) >= 11 is 0. The van der Waals surface area contributed by atoms with Gasteiger partial charge < -0.3 is 4.43 Å². The van der Waals surface area contributed by atoms with Crippen LogP contribution in [0.4, 0.5) is 27.6 Å². The van der Waals surface area contributed by atoms with Crippen LogP contribution in [0.1, 0.15) is 11.1 Å². The van der Waals surface area contributed by atoms with Gasteiger partial charge in [0.2, 0.25) is 14.1 Å². The Balaban J connectivity index is 2.33. The van der Waals surface area contributed by atoms with E-state index >= 15 is 0 Å². The molecule has 0 aliphatic carbocycles. The van der Waals surface area contributed by atoms with Crippen molar-refractivity contribution >= 4 is 19.2 Å². The maximum atomic E-state index is 14.0. The topological polar surface area (TPSA) is 52.4 Å². The molecule has 0 radical (unpaired) electrons. The summed E-state index contributed by atoms with van der Waals surface area (Å²) in [7, 11) is -3.52. The van der Waals surface area contributed by atoms with Gasteiger partial charge in [0.1, 0.15) is 0 Å². The highest BCUT2D eigenvalue weighted by Crippen LogP contribution is 2.23. The third-order valence-electron chi connectivity index (χ3n) is 3.87. The average molecular weight is 391 g/mol. The fourth-order valence-electron chi connectivity index (χ4n) is 2.48. The average Bonchev–Trinajstić information content (AvgIpc) is 2.56. The van der Waals surface area contributed by atoms with Gasteiger partial charge in [0, 0.05) is 16.8 Å². The van der Waals surface area contributed by atoms with Gasteiger partial charge in [-0.2, -0.15) is 0 Å². The molecular weight excluding hydrogens is 377 g/mol. The van der Waals surface area contributed by atoms with E-state index in [0.717, 1.165) is 0 Å². The molecule has 0 saturated carbocycles. The SMILES string of the molecule is Cc1cc(CO[Si](C)(C)c2c(F)c(F)c(F)c(F)c2F)ccc1[N+](=O)[O-]. The summed E-state index contributed by atoms with van der Waals surface area (Å²) in [6.07, 6.45) is 0. The quantitative estimate of drug-likeness (QED) is 0.191. The van der Waals surface area contributed by atoms with Crippen molar-refractivity contribution in [2.75, 3.05) is 0 Å². The van der Waals surface area contributed by atoms with E-state index in [4.69, 9.17) is 4.43 Å². The number of nitro benzene ring substituents is 1. The van der Waals surface area contributed by atoms with Crippen molar-refractivity contribution in [3.05, 3.63) is 68.5 Å². The molecule has 0 aliphatic heterocycles. The van der Waals surface area contributed by atoms with Crippen LogP contribution in [-0.4, -0.2) is 13.2 Å². The van der Waals surface area contributed by atoms with Crippen LogP contribution in [0.25, 0.3) is 0 Å². The Morgan fingerprint density at radius 2 is 1.50 bits per heavy atom. The van der Waals surface area contributed by atoms with Crippen LogP contribution in [0.5, 0.6) is 0 Å². The van der Waals surface area contributed by atoms with E-state index in [9.17, 15) is 32.1 Å². The molecule has 0 atom stereocenters. The van der Waals surface area contributed by atoms with Gasteiger partial charge in [-0.1, -0.05) is 0 Å². The maximum absolute atomic E-state index is 14.0. The van der Waals surface area contributed by atoms with Gasteiger partial charge in [0.15, 0.2) is 23.3 Å². The summed E-state index contributed by atoms with van der Waals surface area (Å²) < 4.78 is 73.5. The van der Waals surface area contributed by atoms with E-state index < -0.39 is 47.5 Å². The molecule has 10 heteroatoms. The molecule has 0 aliphatic rings. The molecule has 0 bridgehead atoms. The molecule has 0 unspecified atom stereocenters. The molecule has 0 amide bonds. The summed E-state index contributed by atoms with van der Waals surface area (Å²) in [5, 5.41) is 9.85. The van der Waals surface area contributed by atoms with E-state index in [1.165, 1.54) is 38.2 Å². The number of hydrogen-bond acceptors (Lipinski definition) is 3. The fraction of sp³-hybridized carbons (Fsp3) is 0.250. The lowest BCUT2D eigenvalue weighted by Crippen LogP contribution is -2.49. The van der Waals surface area contributed by atoms with Gasteiger partial charge in [0.25, 0.3) is 5.69 Å². The summed E-state index contributed by atoms with van der Waals surface area (Å²) in [5.41, 5.74) is 0.717. The van der Waals surface area contributed by atoms with Gasteiger partial charge in [-0.05, 0) is 37.7 Å². The Morgan fingerprint density at radius 3 is 1.96 bits per heavy atom. The number of aryl methyl sites for hydroxylation is 1. The van der Waals surface area contributed by atoms with Gasteiger partial charge in [-0.3, -0.25) is 10.1 Å². The zero-order chi connectivity index (χ0) is 19.8. The van der Waals surface area contributed by atoms with Crippen molar-refractivity contribution in [3.63, 3.8) is 0 Å². The largest absolute Gasteiger partial charge is 0.408 e. The monoisotopic (exact) mass is 391 g/mol. The third-order valence-corrected chi connectivity index (χ3v) is 6.38. The number of hydrogen-bond donors (Lipinski definition) is 0. The molecule has 0 heterocycles. The van der Waals surface area contributed by atoms with Crippen molar-refractivity contribution in [3.8, 4) is 0 Å². The Morgan fingerprint density at radius 1 is 1.00 bits per heavy atom. The molecule has 2 aromatic rings. The molecule has 0 aromatic heterocycles. The Bertz CT molecular complexity index is 860. The molecule has 0 saturated heterocycles. The zero-order valence-electron chi connectivity index (χ0n) is 14.0. The van der Waals surface area contributed by atoms with E-state index in [2.05, 4.69) is 0 Å². The first kappa shape index (κ1) is 20.0. The Kier molecular flexibility index (Phi) is 5.47. The van der Waals surface area contributed by atoms with E-state index in [1.54, 1.807) is 0 Å². The molecule has 2 aromatic carbocycles. The van der Waals surface area contributed by atoms with Crippen molar-refractivity contribution in [1.82, 2.24) is 0 Å². The minimum absolute atomic E-state index is 0.106. The minimum Gasteiger partial charge on any atom is -0.408 e. The predicted octanol–water partition coefficient (Wildman–Crippen LogP) is 4.23. The van der Waals surface area contributed by atoms with E-state index in [1.807, 2.05) is 0 Å². The summed E-state index contributed by atoms with van der Waals surface area (Å²) in [4.78, 5) is 10.2. The first-order valence-corrected chi connectivity index (χ1v) is 10.3. The van der Waals surface area contributed by atoms with Crippen LogP contribution in [0.2, 0.25) is 13.1 Å². The number of rotatable bonds is 5. The predicted molar refractivity (Wildman–Crippen MR) is 86.0 cm³/mol. The Labute approximate surface area is 146 Å². The second-order valence-electron chi connectivity index (χ2n) is 6.12. The van der Waals surface area contributed by atoms with Crippen LogP contribution < -0.4 is 5.19 Å². The zero-order valence-corrected chi connectivity index (χ0v) is 15.0. The third kappa shape index (κ3) is 3.60.